The predicted octanol–water partition coefficient (Wildman–Crippen LogP) is -2.96. The molecule has 0 bridgehead atoms. The molecule has 0 aromatic heterocycles. The fourth-order valence-corrected chi connectivity index (χ4v) is 0. The summed E-state index contributed by atoms with van der Waals surface area (Å²) in [5.74, 6) is 0. The summed E-state index contributed by atoms with van der Waals surface area (Å²) < 4.78 is 0. The first-order valence-electron chi connectivity index (χ1n) is 1.64. The largest absolute Gasteiger partial charge is 2.00 e. The van der Waals surface area contributed by atoms with E-state index in [4.69, 9.17) is 10.8 Å². The van der Waals surface area contributed by atoms with Crippen LogP contribution >= 0.6 is 0 Å². The second-order valence-corrected chi connectivity index (χ2v) is 1.16. The van der Waals surface area contributed by atoms with Crippen molar-refractivity contribution < 1.29 is 50.1 Å². The molecule has 1 atom stereocenters. The summed E-state index contributed by atoms with van der Waals surface area (Å²) in [6.07, 6.45) is 0. The Balaban J connectivity index is -0.0000000267. The zero-order chi connectivity index (χ0) is 4.28. The van der Waals surface area contributed by atoms with Gasteiger partial charge in [0.05, 0.1) is 6.61 Å². The van der Waals surface area contributed by atoms with Crippen LogP contribution in [0, 0.1) is 0 Å². The van der Waals surface area contributed by atoms with Gasteiger partial charge in [-0.05, 0) is 6.92 Å². The third-order valence-electron chi connectivity index (χ3n) is 0.288. The van der Waals surface area contributed by atoms with E-state index < -0.39 is 0 Å². The predicted molar refractivity (Wildman–Crippen MR) is 26.0 cm³/mol. The molecular formula is C3H11IN2OPt. The van der Waals surface area contributed by atoms with Gasteiger partial charge in [-0.2, -0.15) is 0 Å². The molecule has 1 unspecified atom stereocenters. The molecule has 0 fully saturated rings. The Hall–Kier alpha value is 1.30. The first kappa shape index (κ1) is 22.8. The van der Waals surface area contributed by atoms with Gasteiger partial charge in [0.25, 0.3) is 0 Å². The van der Waals surface area contributed by atoms with Crippen LogP contribution in [0.5, 0.6) is 0 Å². The molecule has 3 nitrogen and oxygen atoms in total. The molecule has 0 saturated carbocycles. The molecule has 0 amide bonds. The third-order valence-corrected chi connectivity index (χ3v) is 0.288. The zero-order valence-electron chi connectivity index (χ0n) is 4.58. The van der Waals surface area contributed by atoms with Crippen molar-refractivity contribution in [2.45, 2.75) is 13.0 Å². The Morgan fingerprint density at radius 2 is 1.75 bits per heavy atom. The minimum absolute atomic E-state index is 0. The Bertz CT molecular complexity index is 31.2. The van der Waals surface area contributed by atoms with Crippen LogP contribution < -0.4 is 29.7 Å². The number of hydrogen-bond donors (Lipinski definition) is 2. The van der Waals surface area contributed by atoms with Crippen molar-refractivity contribution in [1.82, 2.24) is 0 Å². The van der Waals surface area contributed by atoms with Crippen molar-refractivity contribution in [3.05, 3.63) is 6.15 Å². The Morgan fingerprint density at radius 1 is 1.62 bits per heavy atom. The third kappa shape index (κ3) is 26.6. The Morgan fingerprint density at radius 3 is 1.75 bits per heavy atom. The monoisotopic (exact) mass is 413 g/mol. The molecule has 5 N–H and O–H groups in total. The van der Waals surface area contributed by atoms with Crippen LogP contribution in [0.25, 0.3) is 6.15 Å². The molecule has 0 aromatic carbocycles. The fraction of sp³-hybridized carbons (Fsp3) is 1.00. The minimum atomic E-state index is -0.0602. The fourth-order valence-electron chi connectivity index (χ4n) is 0. The molecular weight excluding hydrogens is 402 g/mol. The van der Waals surface area contributed by atoms with E-state index in [9.17, 15) is 0 Å². The van der Waals surface area contributed by atoms with Gasteiger partial charge in [-0.15, -0.1) is 0 Å². The van der Waals surface area contributed by atoms with E-state index in [-0.39, 0.29) is 63.8 Å². The molecule has 8 heavy (non-hydrogen) atoms. The van der Waals surface area contributed by atoms with Crippen molar-refractivity contribution in [2.75, 3.05) is 6.61 Å². The standard InChI is InChI=1S/C3H9NO.HI.H2N.Pt/c1-3(4)2-5;;;/h3,5H,2,4H2,1H3;1H;1H2;/q;;-1;+2/p-1. The Kier molecular flexibility index (Phi) is 44.9. The van der Waals surface area contributed by atoms with Gasteiger partial charge in [0.15, 0.2) is 0 Å². The maximum atomic E-state index is 8.02. The zero-order valence-corrected chi connectivity index (χ0v) is 9.01. The molecule has 0 aromatic rings. The quantitative estimate of drug-likeness (QED) is 0.451. The van der Waals surface area contributed by atoms with Crippen molar-refractivity contribution >= 4 is 0 Å². The van der Waals surface area contributed by atoms with E-state index >= 15 is 0 Å². The van der Waals surface area contributed by atoms with Crippen molar-refractivity contribution in [2.24, 2.45) is 5.73 Å². The van der Waals surface area contributed by atoms with Gasteiger partial charge < -0.3 is 41.0 Å². The number of hydrogen-bond acceptors (Lipinski definition) is 2. The van der Waals surface area contributed by atoms with Gasteiger partial charge in [0, 0.05) is 6.04 Å². The summed E-state index contributed by atoms with van der Waals surface area (Å²) in [5, 5.41) is 8.02. The van der Waals surface area contributed by atoms with Crippen LogP contribution in [0.2, 0.25) is 0 Å². The summed E-state index contributed by atoms with van der Waals surface area (Å²) in [7, 11) is 0. The summed E-state index contributed by atoms with van der Waals surface area (Å²) in [6.45, 7) is 1.83. The van der Waals surface area contributed by atoms with E-state index in [1.54, 1.807) is 6.92 Å². The molecule has 0 rings (SSSR count). The first-order chi connectivity index (χ1) is 2.27. The van der Waals surface area contributed by atoms with Gasteiger partial charge in [-0.3, -0.25) is 0 Å². The summed E-state index contributed by atoms with van der Waals surface area (Å²) in [5.41, 5.74) is 5.04. The maximum absolute atomic E-state index is 8.02. The van der Waals surface area contributed by atoms with Gasteiger partial charge >= 0.3 is 21.1 Å². The summed E-state index contributed by atoms with van der Waals surface area (Å²) in [6, 6.07) is -0.0602. The van der Waals surface area contributed by atoms with E-state index in [1.807, 2.05) is 0 Å². The van der Waals surface area contributed by atoms with Crippen molar-refractivity contribution in [3.63, 3.8) is 0 Å². The summed E-state index contributed by atoms with van der Waals surface area (Å²) in [4.78, 5) is 0. The average molecular weight is 413 g/mol. The summed E-state index contributed by atoms with van der Waals surface area (Å²) >= 11 is 0. The smallest absolute Gasteiger partial charge is 1.00 e. The molecule has 0 heterocycles. The van der Waals surface area contributed by atoms with Crippen molar-refractivity contribution in [1.29, 1.82) is 0 Å². The molecule has 0 saturated heterocycles. The number of nitrogens with two attached hydrogens (primary N) is 2. The average Bonchev–Trinajstić information content (AvgIpc) is 1.38. The molecule has 0 aliphatic heterocycles. The van der Waals surface area contributed by atoms with Crippen LogP contribution in [0.15, 0.2) is 0 Å². The number of aliphatic hydroxyl groups is 1. The topological polar surface area (TPSA) is 79.8 Å². The second kappa shape index (κ2) is 15.7. The van der Waals surface area contributed by atoms with Crippen LogP contribution in [0.3, 0.4) is 0 Å². The van der Waals surface area contributed by atoms with E-state index in [0.29, 0.717) is 0 Å². The van der Waals surface area contributed by atoms with Gasteiger partial charge in [-0.1, -0.05) is 0 Å². The first-order valence-corrected chi connectivity index (χ1v) is 1.64. The van der Waals surface area contributed by atoms with Crippen LogP contribution in [-0.2, 0) is 21.1 Å². The number of rotatable bonds is 1. The molecule has 0 aliphatic rings. The number of aliphatic hydroxyl groups excluding tert-OH is 1. The van der Waals surface area contributed by atoms with Crippen LogP contribution in [0.1, 0.15) is 6.92 Å². The van der Waals surface area contributed by atoms with Crippen LogP contribution in [-0.4, -0.2) is 17.8 Å². The molecule has 0 aliphatic carbocycles. The molecule has 0 spiro atoms. The second-order valence-electron chi connectivity index (χ2n) is 1.16. The number of halogens is 1. The minimum Gasteiger partial charge on any atom is -1.00 e. The van der Waals surface area contributed by atoms with Gasteiger partial charge in [0.2, 0.25) is 0 Å². The van der Waals surface area contributed by atoms with Gasteiger partial charge in [0.1, 0.15) is 0 Å². The normalized spacial score (nSPS) is 9.38. The van der Waals surface area contributed by atoms with E-state index in [0.717, 1.165) is 0 Å². The molecule has 56 valence electrons. The SMILES string of the molecule is CC(N)CO.[I-].[NH2-].[Pt+2]. The van der Waals surface area contributed by atoms with Crippen LogP contribution in [0.4, 0.5) is 0 Å². The van der Waals surface area contributed by atoms with Gasteiger partial charge in [-0.25, -0.2) is 0 Å². The molecule has 5 heteroatoms. The van der Waals surface area contributed by atoms with E-state index in [1.165, 1.54) is 0 Å². The Labute approximate surface area is 81.3 Å². The maximum Gasteiger partial charge on any atom is 2.00 e. The molecule has 0 radical (unpaired) electrons. The van der Waals surface area contributed by atoms with E-state index in [2.05, 4.69) is 0 Å². The van der Waals surface area contributed by atoms with Crippen molar-refractivity contribution in [3.8, 4) is 0 Å².